The Balaban J connectivity index is 1.50. The Bertz CT molecular complexity index is 1280. The maximum Gasteiger partial charge on any atom is 0.262 e. The van der Waals surface area contributed by atoms with Crippen LogP contribution in [0, 0.1) is 13.8 Å². The minimum absolute atomic E-state index is 0.110. The minimum Gasteiger partial charge on any atom is -0.335 e. The van der Waals surface area contributed by atoms with E-state index in [2.05, 4.69) is 22.9 Å². The number of carbonyl (C=O) groups is 1. The molecule has 0 aromatic heterocycles. The molecule has 1 aliphatic heterocycles. The van der Waals surface area contributed by atoms with Crippen LogP contribution in [0.3, 0.4) is 0 Å². The number of aryl methyl sites for hydroxylation is 2. The van der Waals surface area contributed by atoms with Gasteiger partial charge in [0.15, 0.2) is 0 Å². The second-order valence-electron chi connectivity index (χ2n) is 8.05. The maximum atomic E-state index is 13.0. The zero-order valence-corrected chi connectivity index (χ0v) is 19.0. The van der Waals surface area contributed by atoms with E-state index in [1.807, 2.05) is 31.2 Å². The van der Waals surface area contributed by atoms with Gasteiger partial charge in [-0.3, -0.25) is 9.52 Å². The van der Waals surface area contributed by atoms with E-state index in [-0.39, 0.29) is 10.8 Å². The van der Waals surface area contributed by atoms with Crippen molar-refractivity contribution < 1.29 is 13.2 Å². The zero-order valence-electron chi connectivity index (χ0n) is 18.2. The Kier molecular flexibility index (Phi) is 6.15. The number of anilines is 1. The summed E-state index contributed by atoms with van der Waals surface area (Å²) < 4.78 is 28.4. The average molecular weight is 447 g/mol. The lowest BCUT2D eigenvalue weighted by Gasteiger charge is -2.27. The van der Waals surface area contributed by atoms with Crippen molar-refractivity contribution >= 4 is 27.2 Å². The van der Waals surface area contributed by atoms with Crippen LogP contribution in [-0.2, 0) is 10.0 Å². The summed E-state index contributed by atoms with van der Waals surface area (Å²) in [6.07, 6.45) is 2.87. The summed E-state index contributed by atoms with van der Waals surface area (Å²) in [5.41, 5.74) is 4.79. The number of benzene rings is 3. The molecule has 6 heteroatoms. The molecule has 1 aliphatic rings. The SMILES string of the molecule is Cc1ccc(C)c(S(=O)(=O)Nc2cccc(C(=O)N3CC=C(c4ccccc4)CC3)c2)c1. The highest BCUT2D eigenvalue weighted by Crippen LogP contribution is 2.25. The molecule has 0 radical (unpaired) electrons. The lowest BCUT2D eigenvalue weighted by molar-refractivity contribution is 0.0773. The van der Waals surface area contributed by atoms with Crippen molar-refractivity contribution in [3.63, 3.8) is 0 Å². The van der Waals surface area contributed by atoms with E-state index >= 15 is 0 Å². The number of rotatable bonds is 5. The molecule has 1 amide bonds. The first kappa shape index (κ1) is 21.8. The van der Waals surface area contributed by atoms with Crippen LogP contribution in [0.2, 0.25) is 0 Å². The standard InChI is InChI=1S/C26H26N2O3S/c1-19-11-12-20(2)25(17-19)32(30,31)27-24-10-6-9-23(18-24)26(29)28-15-13-22(14-16-28)21-7-4-3-5-8-21/h3-13,17-18,27H,14-16H2,1-2H3. The van der Waals surface area contributed by atoms with E-state index in [4.69, 9.17) is 0 Å². The van der Waals surface area contributed by atoms with E-state index in [0.717, 1.165) is 12.0 Å². The van der Waals surface area contributed by atoms with E-state index in [1.165, 1.54) is 11.1 Å². The first-order valence-corrected chi connectivity index (χ1v) is 12.1. The van der Waals surface area contributed by atoms with Crippen LogP contribution in [0.15, 0.2) is 83.8 Å². The summed E-state index contributed by atoms with van der Waals surface area (Å²) in [5.74, 6) is -0.110. The molecule has 1 N–H and O–H groups in total. The number of nitrogens with one attached hydrogen (secondary N) is 1. The fourth-order valence-corrected chi connectivity index (χ4v) is 5.25. The quantitative estimate of drug-likeness (QED) is 0.598. The number of nitrogens with zero attached hydrogens (tertiary/aromatic N) is 1. The van der Waals surface area contributed by atoms with Gasteiger partial charge >= 0.3 is 0 Å². The Labute approximate surface area is 189 Å². The van der Waals surface area contributed by atoms with Gasteiger partial charge in [0, 0.05) is 24.3 Å². The molecule has 0 saturated heterocycles. The Hall–Kier alpha value is -3.38. The van der Waals surface area contributed by atoms with Gasteiger partial charge < -0.3 is 4.90 Å². The smallest absolute Gasteiger partial charge is 0.262 e. The minimum atomic E-state index is -3.76. The summed E-state index contributed by atoms with van der Waals surface area (Å²) in [5, 5.41) is 0. The predicted octanol–water partition coefficient (Wildman–Crippen LogP) is 5.03. The second kappa shape index (κ2) is 9.01. The molecule has 0 spiro atoms. The first-order chi connectivity index (χ1) is 15.3. The zero-order chi connectivity index (χ0) is 22.7. The molecule has 0 bridgehead atoms. The van der Waals surface area contributed by atoms with Gasteiger partial charge in [-0.05, 0) is 66.8 Å². The number of hydrogen-bond donors (Lipinski definition) is 1. The van der Waals surface area contributed by atoms with Gasteiger partial charge in [0.1, 0.15) is 0 Å². The van der Waals surface area contributed by atoms with Gasteiger partial charge in [-0.1, -0.05) is 54.6 Å². The molecule has 32 heavy (non-hydrogen) atoms. The molecular weight excluding hydrogens is 420 g/mol. The fourth-order valence-electron chi connectivity index (χ4n) is 3.87. The van der Waals surface area contributed by atoms with E-state index < -0.39 is 10.0 Å². The Morgan fingerprint density at radius 2 is 1.72 bits per heavy atom. The first-order valence-electron chi connectivity index (χ1n) is 10.6. The highest BCUT2D eigenvalue weighted by atomic mass is 32.2. The molecule has 0 fully saturated rings. The lowest BCUT2D eigenvalue weighted by Crippen LogP contribution is -2.34. The third-order valence-electron chi connectivity index (χ3n) is 5.64. The fraction of sp³-hybridized carbons (Fsp3) is 0.192. The predicted molar refractivity (Wildman–Crippen MR) is 128 cm³/mol. The van der Waals surface area contributed by atoms with Gasteiger partial charge in [-0.2, -0.15) is 0 Å². The van der Waals surface area contributed by atoms with Crippen LogP contribution in [0.25, 0.3) is 5.57 Å². The number of carbonyl (C=O) groups excluding carboxylic acids is 1. The highest BCUT2D eigenvalue weighted by Gasteiger charge is 2.21. The Morgan fingerprint density at radius 3 is 2.44 bits per heavy atom. The molecule has 4 rings (SSSR count). The molecule has 5 nitrogen and oxygen atoms in total. The summed E-state index contributed by atoms with van der Waals surface area (Å²) in [6.45, 7) is 4.77. The van der Waals surface area contributed by atoms with Crippen molar-refractivity contribution in [1.82, 2.24) is 4.90 Å². The van der Waals surface area contributed by atoms with Gasteiger partial charge in [0.2, 0.25) is 0 Å². The summed E-state index contributed by atoms with van der Waals surface area (Å²) in [4.78, 5) is 15.1. The van der Waals surface area contributed by atoms with Crippen molar-refractivity contribution in [1.29, 1.82) is 0 Å². The van der Waals surface area contributed by atoms with Crippen molar-refractivity contribution in [3.05, 3.63) is 101 Å². The van der Waals surface area contributed by atoms with Crippen molar-refractivity contribution in [2.45, 2.75) is 25.2 Å². The summed E-state index contributed by atoms with van der Waals surface area (Å²) >= 11 is 0. The van der Waals surface area contributed by atoms with E-state index in [0.29, 0.717) is 29.9 Å². The largest absolute Gasteiger partial charge is 0.335 e. The van der Waals surface area contributed by atoms with Crippen LogP contribution in [0.5, 0.6) is 0 Å². The molecule has 0 unspecified atom stereocenters. The number of hydrogen-bond acceptors (Lipinski definition) is 3. The van der Waals surface area contributed by atoms with Crippen molar-refractivity contribution in [3.8, 4) is 0 Å². The molecule has 0 atom stereocenters. The molecular formula is C26H26N2O3S. The third kappa shape index (κ3) is 4.75. The highest BCUT2D eigenvalue weighted by molar-refractivity contribution is 7.92. The van der Waals surface area contributed by atoms with Crippen LogP contribution in [-0.4, -0.2) is 32.3 Å². The summed E-state index contributed by atoms with van der Waals surface area (Å²) in [7, 11) is -3.76. The van der Waals surface area contributed by atoms with Crippen molar-refractivity contribution in [2.75, 3.05) is 17.8 Å². The molecule has 1 heterocycles. The van der Waals surface area contributed by atoms with Crippen LogP contribution in [0.4, 0.5) is 5.69 Å². The normalized spacial score (nSPS) is 14.1. The summed E-state index contributed by atoms with van der Waals surface area (Å²) in [6, 6.07) is 22.2. The molecule has 3 aromatic carbocycles. The number of sulfonamides is 1. The van der Waals surface area contributed by atoms with Gasteiger partial charge in [0.05, 0.1) is 4.90 Å². The van der Waals surface area contributed by atoms with E-state index in [9.17, 15) is 13.2 Å². The molecule has 164 valence electrons. The second-order valence-corrected chi connectivity index (χ2v) is 9.70. The monoisotopic (exact) mass is 446 g/mol. The van der Waals surface area contributed by atoms with Gasteiger partial charge in [-0.15, -0.1) is 0 Å². The van der Waals surface area contributed by atoms with Crippen LogP contribution in [0.1, 0.15) is 33.5 Å². The average Bonchev–Trinajstić information content (AvgIpc) is 2.80. The topological polar surface area (TPSA) is 66.5 Å². The van der Waals surface area contributed by atoms with Gasteiger partial charge in [-0.25, -0.2) is 8.42 Å². The van der Waals surface area contributed by atoms with Gasteiger partial charge in [0.25, 0.3) is 15.9 Å². The Morgan fingerprint density at radius 1 is 0.938 bits per heavy atom. The maximum absolute atomic E-state index is 13.0. The van der Waals surface area contributed by atoms with Crippen LogP contribution >= 0.6 is 0 Å². The van der Waals surface area contributed by atoms with E-state index in [1.54, 1.807) is 48.2 Å². The molecule has 0 aliphatic carbocycles. The molecule has 0 saturated carbocycles. The number of amides is 1. The lowest BCUT2D eigenvalue weighted by atomic mass is 9.99. The van der Waals surface area contributed by atoms with Crippen LogP contribution < -0.4 is 4.72 Å². The third-order valence-corrected chi connectivity index (χ3v) is 7.16. The molecule has 3 aromatic rings. The van der Waals surface area contributed by atoms with Crippen molar-refractivity contribution in [2.24, 2.45) is 0 Å².